The Balaban J connectivity index is 2.15. The van der Waals surface area contributed by atoms with Crippen LogP contribution in [0.25, 0.3) is 0 Å². The van der Waals surface area contributed by atoms with Gasteiger partial charge in [-0.05, 0) is 36.8 Å². The summed E-state index contributed by atoms with van der Waals surface area (Å²) in [7, 11) is 2.03. The Labute approximate surface area is 127 Å². The third-order valence-corrected chi connectivity index (χ3v) is 4.48. The Bertz CT molecular complexity index is 566. The second-order valence-electron chi connectivity index (χ2n) is 4.56. The normalized spacial score (nSPS) is 12.5. The Morgan fingerprint density at radius 3 is 2.53 bits per heavy atom. The van der Waals surface area contributed by atoms with Crippen LogP contribution in [0.3, 0.4) is 0 Å². The first kappa shape index (κ1) is 14.7. The molecular formula is C14H16Cl2N2S. The van der Waals surface area contributed by atoms with E-state index >= 15 is 0 Å². The van der Waals surface area contributed by atoms with Crippen LogP contribution in [-0.2, 0) is 6.54 Å². The van der Waals surface area contributed by atoms with Crippen molar-refractivity contribution in [1.29, 1.82) is 0 Å². The van der Waals surface area contributed by atoms with Crippen molar-refractivity contribution < 1.29 is 0 Å². The van der Waals surface area contributed by atoms with Gasteiger partial charge in [-0.2, -0.15) is 0 Å². The number of benzene rings is 1. The molecule has 2 nitrogen and oxygen atoms in total. The minimum atomic E-state index is -0.0528. The third kappa shape index (κ3) is 3.63. The highest BCUT2D eigenvalue weighted by atomic mass is 35.5. The van der Waals surface area contributed by atoms with Crippen LogP contribution in [0.5, 0.6) is 0 Å². The van der Waals surface area contributed by atoms with E-state index in [0.717, 1.165) is 22.1 Å². The van der Waals surface area contributed by atoms with Gasteiger partial charge in [-0.3, -0.25) is 0 Å². The SMILES string of the molecule is CC(N)c1ccc(N(C)Cc2ccc(Cl)s2)cc1Cl. The van der Waals surface area contributed by atoms with Crippen LogP contribution < -0.4 is 10.6 Å². The maximum Gasteiger partial charge on any atom is 0.0931 e. The lowest BCUT2D eigenvalue weighted by Gasteiger charge is -2.20. The predicted molar refractivity (Wildman–Crippen MR) is 85.5 cm³/mol. The van der Waals surface area contributed by atoms with Crippen LogP contribution in [0.2, 0.25) is 9.36 Å². The van der Waals surface area contributed by atoms with E-state index in [2.05, 4.69) is 4.90 Å². The predicted octanol–water partition coefficient (Wildman–Crippen LogP) is 4.71. The summed E-state index contributed by atoms with van der Waals surface area (Å²) < 4.78 is 0.814. The zero-order valence-corrected chi connectivity index (χ0v) is 13.2. The summed E-state index contributed by atoms with van der Waals surface area (Å²) in [5.74, 6) is 0. The van der Waals surface area contributed by atoms with Crippen molar-refractivity contribution >= 4 is 40.2 Å². The first-order chi connectivity index (χ1) is 8.97. The Hall–Kier alpha value is -0.740. The fourth-order valence-electron chi connectivity index (χ4n) is 1.88. The number of halogens is 2. The molecule has 0 aliphatic carbocycles. The molecule has 1 unspecified atom stereocenters. The molecule has 5 heteroatoms. The van der Waals surface area contributed by atoms with Gasteiger partial charge in [-0.15, -0.1) is 11.3 Å². The van der Waals surface area contributed by atoms with Crippen molar-refractivity contribution in [2.45, 2.75) is 19.5 Å². The fourth-order valence-corrected chi connectivity index (χ4v) is 3.37. The number of hydrogen-bond acceptors (Lipinski definition) is 3. The third-order valence-electron chi connectivity index (χ3n) is 2.94. The molecule has 2 aromatic rings. The highest BCUT2D eigenvalue weighted by molar-refractivity contribution is 7.16. The van der Waals surface area contributed by atoms with E-state index in [4.69, 9.17) is 28.9 Å². The number of rotatable bonds is 4. The van der Waals surface area contributed by atoms with Gasteiger partial charge in [0, 0.05) is 28.7 Å². The summed E-state index contributed by atoms with van der Waals surface area (Å²) >= 11 is 13.8. The summed E-state index contributed by atoms with van der Waals surface area (Å²) in [5, 5.41) is 0.712. The molecule has 0 amide bonds. The van der Waals surface area contributed by atoms with Crippen LogP contribution in [0.1, 0.15) is 23.4 Å². The average molecular weight is 315 g/mol. The first-order valence-electron chi connectivity index (χ1n) is 5.97. The topological polar surface area (TPSA) is 29.3 Å². The molecule has 0 radical (unpaired) electrons. The zero-order valence-electron chi connectivity index (χ0n) is 10.9. The fraction of sp³-hybridized carbons (Fsp3) is 0.286. The zero-order chi connectivity index (χ0) is 14.0. The highest BCUT2D eigenvalue weighted by Gasteiger charge is 2.09. The lowest BCUT2D eigenvalue weighted by Crippen LogP contribution is -2.16. The van der Waals surface area contributed by atoms with Crippen molar-refractivity contribution in [2.75, 3.05) is 11.9 Å². The molecular weight excluding hydrogens is 299 g/mol. The van der Waals surface area contributed by atoms with E-state index in [9.17, 15) is 0 Å². The van der Waals surface area contributed by atoms with Crippen molar-refractivity contribution in [3.63, 3.8) is 0 Å². The molecule has 0 saturated heterocycles. The Morgan fingerprint density at radius 2 is 2.00 bits per heavy atom. The second kappa shape index (κ2) is 6.14. The van der Waals surface area contributed by atoms with Gasteiger partial charge in [0.05, 0.1) is 10.9 Å². The quantitative estimate of drug-likeness (QED) is 0.885. The molecule has 0 spiro atoms. The minimum Gasteiger partial charge on any atom is -0.369 e. The molecule has 0 saturated carbocycles. The molecule has 102 valence electrons. The lowest BCUT2D eigenvalue weighted by molar-refractivity contribution is 0.817. The molecule has 2 N–H and O–H groups in total. The van der Waals surface area contributed by atoms with Crippen LogP contribution in [0, 0.1) is 0 Å². The van der Waals surface area contributed by atoms with Crippen LogP contribution >= 0.6 is 34.5 Å². The van der Waals surface area contributed by atoms with Crippen LogP contribution in [0.15, 0.2) is 30.3 Å². The van der Waals surface area contributed by atoms with E-state index in [0.29, 0.717) is 5.02 Å². The number of anilines is 1. The molecule has 1 aromatic carbocycles. The summed E-state index contributed by atoms with van der Waals surface area (Å²) in [5.41, 5.74) is 7.89. The van der Waals surface area contributed by atoms with Gasteiger partial charge in [0.2, 0.25) is 0 Å². The molecule has 0 aliphatic rings. The minimum absolute atomic E-state index is 0.0528. The largest absolute Gasteiger partial charge is 0.369 e. The van der Waals surface area contributed by atoms with Gasteiger partial charge in [0.25, 0.3) is 0 Å². The van der Waals surface area contributed by atoms with Crippen LogP contribution in [-0.4, -0.2) is 7.05 Å². The van der Waals surface area contributed by atoms with E-state index in [1.807, 2.05) is 44.3 Å². The number of thiophene rings is 1. The van der Waals surface area contributed by atoms with Gasteiger partial charge in [0.15, 0.2) is 0 Å². The lowest BCUT2D eigenvalue weighted by atomic mass is 10.1. The monoisotopic (exact) mass is 314 g/mol. The van der Waals surface area contributed by atoms with Gasteiger partial charge >= 0.3 is 0 Å². The summed E-state index contributed by atoms with van der Waals surface area (Å²) in [6.07, 6.45) is 0. The number of nitrogens with zero attached hydrogens (tertiary/aromatic N) is 1. The molecule has 0 fully saturated rings. The Morgan fingerprint density at radius 1 is 1.26 bits per heavy atom. The van der Waals surface area contributed by atoms with Crippen LogP contribution in [0.4, 0.5) is 5.69 Å². The maximum atomic E-state index is 6.25. The highest BCUT2D eigenvalue weighted by Crippen LogP contribution is 2.28. The molecule has 1 atom stereocenters. The van der Waals surface area contributed by atoms with Crippen molar-refractivity contribution in [3.8, 4) is 0 Å². The number of hydrogen-bond donors (Lipinski definition) is 1. The maximum absolute atomic E-state index is 6.25. The van der Waals surface area contributed by atoms with Gasteiger partial charge in [-0.1, -0.05) is 29.3 Å². The molecule has 19 heavy (non-hydrogen) atoms. The van der Waals surface area contributed by atoms with E-state index in [-0.39, 0.29) is 6.04 Å². The van der Waals surface area contributed by atoms with E-state index in [1.54, 1.807) is 11.3 Å². The molecule has 1 aromatic heterocycles. The summed E-state index contributed by atoms with van der Waals surface area (Å²) in [6, 6.07) is 9.89. The van der Waals surface area contributed by atoms with Gasteiger partial charge in [0.1, 0.15) is 0 Å². The molecule has 0 bridgehead atoms. The van der Waals surface area contributed by atoms with E-state index in [1.165, 1.54) is 4.88 Å². The van der Waals surface area contributed by atoms with Crippen molar-refractivity contribution in [1.82, 2.24) is 0 Å². The molecule has 0 aliphatic heterocycles. The average Bonchev–Trinajstić information content (AvgIpc) is 2.74. The van der Waals surface area contributed by atoms with E-state index < -0.39 is 0 Å². The summed E-state index contributed by atoms with van der Waals surface area (Å²) in [6.45, 7) is 2.74. The smallest absolute Gasteiger partial charge is 0.0931 e. The van der Waals surface area contributed by atoms with Crippen molar-refractivity contribution in [3.05, 3.63) is 50.1 Å². The van der Waals surface area contributed by atoms with Crippen molar-refractivity contribution in [2.24, 2.45) is 5.73 Å². The molecule has 1 heterocycles. The second-order valence-corrected chi connectivity index (χ2v) is 6.76. The van der Waals surface area contributed by atoms with Gasteiger partial charge in [-0.25, -0.2) is 0 Å². The van der Waals surface area contributed by atoms with Gasteiger partial charge < -0.3 is 10.6 Å². The number of nitrogens with two attached hydrogens (primary N) is 1. The Kier molecular flexibility index (Phi) is 4.74. The standard InChI is InChI=1S/C14H16Cl2N2S/c1-9(17)12-5-3-10(7-13(12)15)18(2)8-11-4-6-14(16)19-11/h3-7,9H,8,17H2,1-2H3. The summed E-state index contributed by atoms with van der Waals surface area (Å²) in [4.78, 5) is 3.36. The first-order valence-corrected chi connectivity index (χ1v) is 7.55. The molecule has 2 rings (SSSR count).